The highest BCUT2D eigenvalue weighted by Gasteiger charge is 2.68. The summed E-state index contributed by atoms with van der Waals surface area (Å²) in [5.74, 6) is -1.02. The molecule has 3 fully saturated rings. The van der Waals surface area contributed by atoms with Gasteiger partial charge in [0.25, 0.3) is 0 Å². The first-order valence-electron chi connectivity index (χ1n) is 5.80. The molecule has 4 aliphatic rings. The topological polar surface area (TPSA) is 63.6 Å². The summed E-state index contributed by atoms with van der Waals surface area (Å²) in [6.07, 6.45) is 5.05. The fraction of sp³-hybridized carbons (Fsp3) is 0.667. The molecule has 4 nitrogen and oxygen atoms in total. The summed E-state index contributed by atoms with van der Waals surface area (Å²) in [5.41, 5.74) is 0. The lowest BCUT2D eigenvalue weighted by molar-refractivity contribution is -0.153. The van der Waals surface area contributed by atoms with Gasteiger partial charge in [-0.2, -0.15) is 0 Å². The minimum Gasteiger partial charge on any atom is -0.481 e. The van der Waals surface area contributed by atoms with Crippen LogP contribution in [0.1, 0.15) is 6.42 Å². The second kappa shape index (κ2) is 2.50. The monoisotopic (exact) mass is 220 g/mol. The molecule has 0 spiro atoms. The molecule has 84 valence electrons. The van der Waals surface area contributed by atoms with Crippen molar-refractivity contribution in [2.75, 3.05) is 0 Å². The Bertz CT molecular complexity index is 427. The van der Waals surface area contributed by atoms with E-state index in [1.165, 1.54) is 0 Å². The van der Waals surface area contributed by atoms with Gasteiger partial charge in [0.05, 0.1) is 11.8 Å². The van der Waals surface area contributed by atoms with E-state index in [0.29, 0.717) is 11.8 Å². The highest BCUT2D eigenvalue weighted by atomic mass is 16.6. The van der Waals surface area contributed by atoms with Crippen LogP contribution in [0.4, 0.5) is 0 Å². The van der Waals surface area contributed by atoms with Crippen LogP contribution >= 0.6 is 0 Å². The Hall–Kier alpha value is -1.32. The largest absolute Gasteiger partial charge is 0.481 e. The summed E-state index contributed by atoms with van der Waals surface area (Å²) in [6.45, 7) is 0. The van der Waals surface area contributed by atoms with Gasteiger partial charge in [-0.05, 0) is 24.2 Å². The normalized spacial score (nSPS) is 55.5. The Morgan fingerprint density at radius 2 is 2.19 bits per heavy atom. The lowest BCUT2D eigenvalue weighted by atomic mass is 9.87. The van der Waals surface area contributed by atoms with E-state index in [1.807, 2.05) is 6.08 Å². The van der Waals surface area contributed by atoms with E-state index in [2.05, 4.69) is 6.08 Å². The van der Waals surface area contributed by atoms with Crippen LogP contribution in [0.25, 0.3) is 0 Å². The third-order valence-corrected chi connectivity index (χ3v) is 4.94. The third-order valence-electron chi connectivity index (χ3n) is 4.94. The summed E-state index contributed by atoms with van der Waals surface area (Å²) in [7, 11) is 0. The standard InChI is InChI=1S/C12H12O4/c13-11(14)8-5-2-1-4-3-6-9(7(4)5)10(8)12(15)16-6/h1-2,4-10H,3H2,(H,13,14)/t4-,5-,6+,7-,8+,9+,10+/m1/s1. The average Bonchev–Trinajstić information content (AvgIpc) is 2.84. The molecule has 0 aromatic carbocycles. The number of carbonyl (C=O) groups is 2. The predicted octanol–water partition coefficient (Wildman–Crippen LogP) is 0.681. The predicted molar refractivity (Wildman–Crippen MR) is 52.2 cm³/mol. The molecule has 4 rings (SSSR count). The molecule has 2 saturated carbocycles. The molecule has 1 heterocycles. The van der Waals surface area contributed by atoms with Crippen LogP contribution in [0, 0.1) is 35.5 Å². The molecule has 1 saturated heterocycles. The Morgan fingerprint density at radius 3 is 2.94 bits per heavy atom. The fourth-order valence-electron chi connectivity index (χ4n) is 4.55. The highest BCUT2D eigenvalue weighted by molar-refractivity contribution is 5.85. The number of hydrogen-bond donors (Lipinski definition) is 1. The van der Waals surface area contributed by atoms with Crippen LogP contribution in [0.2, 0.25) is 0 Å². The van der Waals surface area contributed by atoms with Crippen molar-refractivity contribution < 1.29 is 19.4 Å². The minimum atomic E-state index is -0.840. The van der Waals surface area contributed by atoms with E-state index in [-0.39, 0.29) is 29.8 Å². The van der Waals surface area contributed by atoms with Gasteiger partial charge in [-0.1, -0.05) is 12.2 Å². The number of hydrogen-bond acceptors (Lipinski definition) is 3. The molecule has 7 atom stereocenters. The van der Waals surface area contributed by atoms with Gasteiger partial charge in [0.1, 0.15) is 6.10 Å². The lowest BCUT2D eigenvalue weighted by Crippen LogP contribution is -2.28. The first-order chi connectivity index (χ1) is 7.68. The molecule has 16 heavy (non-hydrogen) atoms. The van der Waals surface area contributed by atoms with Gasteiger partial charge in [0, 0.05) is 5.92 Å². The van der Waals surface area contributed by atoms with Crippen LogP contribution in [-0.4, -0.2) is 23.1 Å². The van der Waals surface area contributed by atoms with Gasteiger partial charge in [-0.25, -0.2) is 0 Å². The maximum atomic E-state index is 11.7. The lowest BCUT2D eigenvalue weighted by Gasteiger charge is -2.16. The Labute approximate surface area is 92.3 Å². The van der Waals surface area contributed by atoms with E-state index < -0.39 is 11.9 Å². The summed E-state index contributed by atoms with van der Waals surface area (Å²) < 4.78 is 5.32. The van der Waals surface area contributed by atoms with Gasteiger partial charge in [0.15, 0.2) is 0 Å². The van der Waals surface area contributed by atoms with Crippen LogP contribution in [0.5, 0.6) is 0 Å². The van der Waals surface area contributed by atoms with Gasteiger partial charge >= 0.3 is 11.9 Å². The summed E-state index contributed by atoms with van der Waals surface area (Å²) in [4.78, 5) is 23.0. The van der Waals surface area contributed by atoms with Crippen molar-refractivity contribution in [1.82, 2.24) is 0 Å². The van der Waals surface area contributed by atoms with Crippen molar-refractivity contribution in [2.45, 2.75) is 12.5 Å². The molecule has 0 unspecified atom stereocenters. The molecule has 0 radical (unpaired) electrons. The van der Waals surface area contributed by atoms with Crippen molar-refractivity contribution in [3.63, 3.8) is 0 Å². The summed E-state index contributed by atoms with van der Waals surface area (Å²) in [5, 5.41) is 9.28. The van der Waals surface area contributed by atoms with Crippen molar-refractivity contribution in [3.05, 3.63) is 12.2 Å². The highest BCUT2D eigenvalue weighted by Crippen LogP contribution is 2.63. The molecule has 3 aliphatic carbocycles. The van der Waals surface area contributed by atoms with E-state index in [1.54, 1.807) is 0 Å². The smallest absolute Gasteiger partial charge is 0.310 e. The third kappa shape index (κ3) is 0.761. The number of allylic oxidation sites excluding steroid dienone is 2. The molecule has 1 N–H and O–H groups in total. The second-order valence-electron chi connectivity index (χ2n) is 5.38. The molecule has 4 heteroatoms. The minimum absolute atomic E-state index is 0.00991. The van der Waals surface area contributed by atoms with Gasteiger partial charge in [-0.3, -0.25) is 9.59 Å². The Balaban J connectivity index is 1.85. The van der Waals surface area contributed by atoms with Crippen LogP contribution in [-0.2, 0) is 14.3 Å². The number of esters is 1. The number of carboxylic acids is 1. The van der Waals surface area contributed by atoms with E-state index >= 15 is 0 Å². The molecule has 0 bridgehead atoms. The molecule has 1 aliphatic heterocycles. The zero-order valence-electron chi connectivity index (χ0n) is 8.58. The zero-order valence-corrected chi connectivity index (χ0v) is 8.58. The van der Waals surface area contributed by atoms with Gasteiger partial charge in [0.2, 0.25) is 0 Å². The number of carbonyl (C=O) groups excluding carboxylic acids is 1. The Kier molecular flexibility index (Phi) is 1.37. The molecule has 0 aromatic rings. The molecular formula is C12H12O4. The molecule has 0 aromatic heterocycles. The van der Waals surface area contributed by atoms with Gasteiger partial charge in [-0.15, -0.1) is 0 Å². The quantitative estimate of drug-likeness (QED) is 0.521. The first-order valence-corrected chi connectivity index (χ1v) is 5.80. The van der Waals surface area contributed by atoms with Crippen LogP contribution in [0.15, 0.2) is 12.2 Å². The summed E-state index contributed by atoms with van der Waals surface area (Å²) >= 11 is 0. The van der Waals surface area contributed by atoms with E-state index in [9.17, 15) is 14.7 Å². The van der Waals surface area contributed by atoms with Crippen LogP contribution < -0.4 is 0 Å². The summed E-state index contributed by atoms with van der Waals surface area (Å²) in [6, 6.07) is 0. The van der Waals surface area contributed by atoms with Crippen LogP contribution in [0.3, 0.4) is 0 Å². The maximum Gasteiger partial charge on any atom is 0.310 e. The van der Waals surface area contributed by atoms with E-state index in [4.69, 9.17) is 4.74 Å². The van der Waals surface area contributed by atoms with Crippen molar-refractivity contribution in [1.29, 1.82) is 0 Å². The van der Waals surface area contributed by atoms with Crippen molar-refractivity contribution >= 4 is 11.9 Å². The SMILES string of the molecule is O=C(O)[C@H]1[C@@H]2C=C[C@@H]3C[C@@H]4OC(=O)[C@@H]1[C@@H]4[C@@H]23. The fourth-order valence-corrected chi connectivity index (χ4v) is 4.55. The molecule has 0 amide bonds. The number of aliphatic carboxylic acids is 1. The second-order valence-corrected chi connectivity index (χ2v) is 5.38. The zero-order chi connectivity index (χ0) is 11.0. The first kappa shape index (κ1) is 8.79. The number of ether oxygens (including phenoxy) is 1. The number of carboxylic acid groups (broad SMARTS) is 1. The van der Waals surface area contributed by atoms with Crippen molar-refractivity contribution in [2.24, 2.45) is 35.5 Å². The van der Waals surface area contributed by atoms with Gasteiger partial charge < -0.3 is 9.84 Å². The van der Waals surface area contributed by atoms with E-state index in [0.717, 1.165) is 6.42 Å². The molecular weight excluding hydrogens is 208 g/mol. The van der Waals surface area contributed by atoms with Crippen molar-refractivity contribution in [3.8, 4) is 0 Å². The Morgan fingerprint density at radius 1 is 1.38 bits per heavy atom. The average molecular weight is 220 g/mol. The number of rotatable bonds is 1. The maximum absolute atomic E-state index is 11.7.